The van der Waals surface area contributed by atoms with E-state index in [0.717, 1.165) is 23.3 Å². The van der Waals surface area contributed by atoms with E-state index in [9.17, 15) is 9.59 Å². The van der Waals surface area contributed by atoms with Crippen LogP contribution in [0.1, 0.15) is 41.9 Å². The maximum atomic E-state index is 11.6. The number of nitrogens with one attached hydrogen (secondary N) is 1. The van der Waals surface area contributed by atoms with Crippen LogP contribution in [0.5, 0.6) is 0 Å². The van der Waals surface area contributed by atoms with Crippen LogP contribution in [0.3, 0.4) is 0 Å². The van der Waals surface area contributed by atoms with Gasteiger partial charge < -0.3 is 10.4 Å². The molecule has 5 heteroatoms. The van der Waals surface area contributed by atoms with Crippen molar-refractivity contribution in [3.8, 4) is 0 Å². The zero-order valence-corrected chi connectivity index (χ0v) is 11.1. The third kappa shape index (κ3) is 3.85. The summed E-state index contributed by atoms with van der Waals surface area (Å²) in [5.41, 5.74) is 1.24. The fourth-order valence-corrected chi connectivity index (χ4v) is 2.22. The van der Waals surface area contributed by atoms with Gasteiger partial charge in [-0.15, -0.1) is 11.3 Å². The zero-order valence-electron chi connectivity index (χ0n) is 10.2. The summed E-state index contributed by atoms with van der Waals surface area (Å²) < 4.78 is 0. The number of amides is 1. The first-order valence-corrected chi connectivity index (χ1v) is 6.41. The second kappa shape index (κ2) is 5.82. The van der Waals surface area contributed by atoms with Gasteiger partial charge in [0.1, 0.15) is 4.88 Å². The van der Waals surface area contributed by atoms with Gasteiger partial charge in [-0.05, 0) is 30.2 Å². The normalized spacial score (nSPS) is 10.6. The number of rotatable bonds is 5. The predicted octanol–water partition coefficient (Wildman–Crippen LogP) is 3.13. The lowest BCUT2D eigenvalue weighted by molar-refractivity contribution is -0.116. The number of anilines is 1. The van der Waals surface area contributed by atoms with Crippen LogP contribution < -0.4 is 5.32 Å². The van der Waals surface area contributed by atoms with Crippen LogP contribution in [0.4, 0.5) is 5.69 Å². The SMILES string of the molecule is Cc1csc(C(=O)O)c1NC(=O)CCC(C)C. The molecule has 0 bridgehead atoms. The average Bonchev–Trinajstić information content (AvgIpc) is 2.58. The number of thiophene rings is 1. The molecule has 0 unspecified atom stereocenters. The quantitative estimate of drug-likeness (QED) is 0.849. The zero-order chi connectivity index (χ0) is 13.0. The molecule has 1 aromatic heterocycles. The molecule has 94 valence electrons. The van der Waals surface area contributed by atoms with Gasteiger partial charge in [-0.25, -0.2) is 4.79 Å². The Morgan fingerprint density at radius 3 is 2.65 bits per heavy atom. The molecule has 0 aliphatic carbocycles. The summed E-state index contributed by atoms with van der Waals surface area (Å²) in [6, 6.07) is 0. The van der Waals surface area contributed by atoms with Crippen molar-refractivity contribution in [1.29, 1.82) is 0 Å². The minimum atomic E-state index is -0.998. The summed E-state index contributed by atoms with van der Waals surface area (Å²) in [6.07, 6.45) is 1.23. The highest BCUT2D eigenvalue weighted by Crippen LogP contribution is 2.27. The number of hydrogen-bond donors (Lipinski definition) is 2. The molecule has 0 fully saturated rings. The fourth-order valence-electron chi connectivity index (χ4n) is 1.38. The van der Waals surface area contributed by atoms with Crippen molar-refractivity contribution in [1.82, 2.24) is 0 Å². The number of carboxylic acid groups (broad SMARTS) is 1. The van der Waals surface area contributed by atoms with Crippen LogP contribution in [0, 0.1) is 12.8 Å². The van der Waals surface area contributed by atoms with Crippen molar-refractivity contribution in [2.24, 2.45) is 5.92 Å². The van der Waals surface area contributed by atoms with Crippen molar-refractivity contribution in [2.45, 2.75) is 33.6 Å². The van der Waals surface area contributed by atoms with Gasteiger partial charge in [0.25, 0.3) is 0 Å². The van der Waals surface area contributed by atoms with E-state index in [2.05, 4.69) is 5.32 Å². The van der Waals surface area contributed by atoms with Gasteiger partial charge in [-0.3, -0.25) is 4.79 Å². The second-order valence-corrected chi connectivity index (χ2v) is 5.29. The van der Waals surface area contributed by atoms with Crippen LogP contribution in [-0.2, 0) is 4.79 Å². The highest BCUT2D eigenvalue weighted by atomic mass is 32.1. The molecule has 0 aromatic carbocycles. The number of aryl methyl sites for hydroxylation is 1. The van der Waals surface area contributed by atoms with E-state index < -0.39 is 5.97 Å². The van der Waals surface area contributed by atoms with E-state index in [4.69, 9.17) is 5.11 Å². The molecule has 1 aromatic rings. The number of carboxylic acids is 1. The summed E-state index contributed by atoms with van der Waals surface area (Å²) in [5.74, 6) is -0.659. The van der Waals surface area contributed by atoms with E-state index in [1.165, 1.54) is 0 Å². The summed E-state index contributed by atoms with van der Waals surface area (Å²) in [5, 5.41) is 13.4. The smallest absolute Gasteiger partial charge is 0.348 e. The molecule has 0 atom stereocenters. The van der Waals surface area contributed by atoms with Gasteiger partial charge in [0.2, 0.25) is 5.91 Å². The Labute approximate surface area is 105 Å². The van der Waals surface area contributed by atoms with E-state index in [-0.39, 0.29) is 10.8 Å². The van der Waals surface area contributed by atoms with Crippen LogP contribution >= 0.6 is 11.3 Å². The van der Waals surface area contributed by atoms with Crippen molar-refractivity contribution in [3.63, 3.8) is 0 Å². The lowest BCUT2D eigenvalue weighted by Crippen LogP contribution is -2.14. The Kier molecular flexibility index (Phi) is 4.69. The molecule has 1 heterocycles. The number of hydrogen-bond acceptors (Lipinski definition) is 3. The molecule has 0 radical (unpaired) electrons. The van der Waals surface area contributed by atoms with Gasteiger partial charge in [0, 0.05) is 6.42 Å². The highest BCUT2D eigenvalue weighted by molar-refractivity contribution is 7.12. The number of aromatic carboxylic acids is 1. The highest BCUT2D eigenvalue weighted by Gasteiger charge is 2.17. The Bertz CT molecular complexity index is 423. The third-order valence-corrected chi connectivity index (χ3v) is 3.47. The standard InChI is InChI=1S/C12H17NO3S/c1-7(2)4-5-9(14)13-10-8(3)6-17-11(10)12(15)16/h6-7H,4-5H2,1-3H3,(H,13,14)(H,15,16). The predicted molar refractivity (Wildman–Crippen MR) is 68.7 cm³/mol. The summed E-state index contributed by atoms with van der Waals surface area (Å²) in [6.45, 7) is 5.89. The Morgan fingerprint density at radius 2 is 2.12 bits per heavy atom. The van der Waals surface area contributed by atoms with Gasteiger partial charge in [0.15, 0.2) is 0 Å². The third-order valence-electron chi connectivity index (χ3n) is 2.38. The largest absolute Gasteiger partial charge is 0.477 e. The molecule has 0 aliphatic heterocycles. The van der Waals surface area contributed by atoms with E-state index in [1.54, 1.807) is 12.3 Å². The first-order chi connectivity index (χ1) is 7.91. The van der Waals surface area contributed by atoms with Crippen LogP contribution in [0.2, 0.25) is 0 Å². The lowest BCUT2D eigenvalue weighted by atomic mass is 10.1. The molecular weight excluding hydrogens is 238 g/mol. The van der Waals surface area contributed by atoms with Gasteiger partial charge in [-0.2, -0.15) is 0 Å². The van der Waals surface area contributed by atoms with Crippen molar-refractivity contribution in [3.05, 3.63) is 15.8 Å². The molecule has 0 saturated heterocycles. The van der Waals surface area contributed by atoms with Crippen LogP contribution in [-0.4, -0.2) is 17.0 Å². The molecule has 0 spiro atoms. The molecule has 1 amide bonds. The van der Waals surface area contributed by atoms with Crippen LogP contribution in [0.15, 0.2) is 5.38 Å². The van der Waals surface area contributed by atoms with E-state index >= 15 is 0 Å². The second-order valence-electron chi connectivity index (χ2n) is 4.41. The van der Waals surface area contributed by atoms with Gasteiger partial charge in [-0.1, -0.05) is 13.8 Å². The lowest BCUT2D eigenvalue weighted by Gasteiger charge is -2.07. The molecular formula is C12H17NO3S. The molecule has 0 saturated carbocycles. The summed E-state index contributed by atoms with van der Waals surface area (Å²) in [4.78, 5) is 22.8. The average molecular weight is 255 g/mol. The monoisotopic (exact) mass is 255 g/mol. The number of carbonyl (C=O) groups excluding carboxylic acids is 1. The molecule has 1 rings (SSSR count). The first kappa shape index (κ1) is 13.7. The van der Waals surface area contributed by atoms with Gasteiger partial charge in [0.05, 0.1) is 5.69 Å². The number of carbonyl (C=O) groups is 2. The molecule has 2 N–H and O–H groups in total. The molecule has 17 heavy (non-hydrogen) atoms. The van der Waals surface area contributed by atoms with Crippen molar-refractivity contribution >= 4 is 28.9 Å². The summed E-state index contributed by atoms with van der Waals surface area (Å²) >= 11 is 1.14. The van der Waals surface area contributed by atoms with Crippen molar-refractivity contribution in [2.75, 3.05) is 5.32 Å². The molecule has 0 aliphatic rings. The minimum absolute atomic E-state index is 0.122. The molecule has 4 nitrogen and oxygen atoms in total. The van der Waals surface area contributed by atoms with E-state index in [1.807, 2.05) is 13.8 Å². The van der Waals surface area contributed by atoms with Crippen molar-refractivity contribution < 1.29 is 14.7 Å². The fraction of sp³-hybridized carbons (Fsp3) is 0.500. The van der Waals surface area contributed by atoms with E-state index in [0.29, 0.717) is 18.0 Å². The maximum absolute atomic E-state index is 11.6. The summed E-state index contributed by atoms with van der Waals surface area (Å²) in [7, 11) is 0. The topological polar surface area (TPSA) is 66.4 Å². The van der Waals surface area contributed by atoms with Crippen LogP contribution in [0.25, 0.3) is 0 Å². The Balaban J connectivity index is 2.71. The maximum Gasteiger partial charge on any atom is 0.348 e. The van der Waals surface area contributed by atoms with Gasteiger partial charge >= 0.3 is 5.97 Å². The first-order valence-electron chi connectivity index (χ1n) is 5.53. The Hall–Kier alpha value is -1.36. The minimum Gasteiger partial charge on any atom is -0.477 e. The Morgan fingerprint density at radius 1 is 1.47 bits per heavy atom.